The van der Waals surface area contributed by atoms with E-state index in [1.807, 2.05) is 25.1 Å². The van der Waals surface area contributed by atoms with Gasteiger partial charge in [0.15, 0.2) is 0 Å². The van der Waals surface area contributed by atoms with E-state index in [-0.39, 0.29) is 5.82 Å². The Bertz CT molecular complexity index is 663. The van der Waals surface area contributed by atoms with E-state index in [9.17, 15) is 4.39 Å². The molecule has 122 valence electrons. The van der Waals surface area contributed by atoms with Gasteiger partial charge in [-0.05, 0) is 24.1 Å². The molecule has 1 fully saturated rings. The van der Waals surface area contributed by atoms with Crippen molar-refractivity contribution in [2.75, 3.05) is 37.4 Å². The number of hydrogen-bond donors (Lipinski definition) is 1. The molecule has 3 heterocycles. The minimum Gasteiger partial charge on any atom is -0.366 e. The molecule has 0 aliphatic carbocycles. The number of pyridine rings is 1. The number of likely N-dealkylation sites (tertiary alicyclic amines) is 1. The van der Waals surface area contributed by atoms with Gasteiger partial charge in [0.1, 0.15) is 11.6 Å². The summed E-state index contributed by atoms with van der Waals surface area (Å²) < 4.78 is 13.2. The zero-order chi connectivity index (χ0) is 16.2. The Kier molecular flexibility index (Phi) is 4.66. The van der Waals surface area contributed by atoms with Crippen LogP contribution in [0.1, 0.15) is 12.0 Å². The Labute approximate surface area is 135 Å². The zero-order valence-electron chi connectivity index (χ0n) is 13.4. The molecule has 0 radical (unpaired) electrons. The van der Waals surface area contributed by atoms with Crippen LogP contribution in [0.4, 0.5) is 16.2 Å². The fourth-order valence-electron chi connectivity index (χ4n) is 2.75. The fraction of sp³-hybridized carbons (Fsp3) is 0.438. The molecular weight excluding hydrogens is 295 g/mol. The molecule has 1 aliphatic heterocycles. The van der Waals surface area contributed by atoms with Crippen molar-refractivity contribution >= 4 is 11.8 Å². The molecule has 0 bridgehead atoms. The van der Waals surface area contributed by atoms with Gasteiger partial charge in [0.25, 0.3) is 0 Å². The van der Waals surface area contributed by atoms with E-state index >= 15 is 0 Å². The third-order valence-corrected chi connectivity index (χ3v) is 3.83. The van der Waals surface area contributed by atoms with Crippen molar-refractivity contribution in [2.45, 2.75) is 19.0 Å². The van der Waals surface area contributed by atoms with Crippen molar-refractivity contribution in [1.82, 2.24) is 19.9 Å². The molecule has 1 saturated heterocycles. The van der Waals surface area contributed by atoms with E-state index in [4.69, 9.17) is 0 Å². The molecule has 23 heavy (non-hydrogen) atoms. The summed E-state index contributed by atoms with van der Waals surface area (Å²) in [6, 6.07) is 3.76. The molecule has 0 amide bonds. The quantitative estimate of drug-likeness (QED) is 0.907. The zero-order valence-corrected chi connectivity index (χ0v) is 13.4. The first kappa shape index (κ1) is 15.6. The van der Waals surface area contributed by atoms with Gasteiger partial charge in [-0.1, -0.05) is 0 Å². The van der Waals surface area contributed by atoms with E-state index in [2.05, 4.69) is 25.2 Å². The van der Waals surface area contributed by atoms with E-state index < -0.39 is 0 Å². The van der Waals surface area contributed by atoms with Crippen molar-refractivity contribution < 1.29 is 4.39 Å². The van der Waals surface area contributed by atoms with Crippen LogP contribution in [0.3, 0.4) is 0 Å². The second-order valence-electron chi connectivity index (χ2n) is 6.01. The predicted molar refractivity (Wildman–Crippen MR) is 87.9 cm³/mol. The second-order valence-corrected chi connectivity index (χ2v) is 6.01. The maximum atomic E-state index is 13.2. The Hall–Kier alpha value is -2.28. The molecule has 6 nitrogen and oxygen atoms in total. The van der Waals surface area contributed by atoms with E-state index in [1.165, 1.54) is 6.20 Å². The van der Waals surface area contributed by atoms with Crippen LogP contribution in [0.15, 0.2) is 30.7 Å². The maximum Gasteiger partial charge on any atom is 0.226 e. The summed E-state index contributed by atoms with van der Waals surface area (Å²) in [5.74, 6) is 1.24. The number of anilines is 2. The Morgan fingerprint density at radius 3 is 3.04 bits per heavy atom. The van der Waals surface area contributed by atoms with Gasteiger partial charge < -0.3 is 10.2 Å². The van der Waals surface area contributed by atoms with E-state index in [0.717, 1.165) is 37.4 Å². The van der Waals surface area contributed by atoms with Gasteiger partial charge in [0.05, 0.1) is 6.20 Å². The van der Waals surface area contributed by atoms with Crippen LogP contribution in [0.25, 0.3) is 0 Å². The highest BCUT2D eigenvalue weighted by atomic mass is 19.1. The van der Waals surface area contributed by atoms with Gasteiger partial charge in [-0.3, -0.25) is 9.88 Å². The number of aromatic nitrogens is 3. The smallest absolute Gasteiger partial charge is 0.226 e. The summed E-state index contributed by atoms with van der Waals surface area (Å²) in [5, 5.41) is 3.45. The van der Waals surface area contributed by atoms with Gasteiger partial charge in [-0.2, -0.15) is 4.98 Å². The van der Waals surface area contributed by atoms with Crippen LogP contribution in [0.5, 0.6) is 0 Å². The summed E-state index contributed by atoms with van der Waals surface area (Å²) in [6.07, 6.45) is 5.74. The molecule has 2 aromatic rings. The number of rotatable bonds is 5. The summed E-state index contributed by atoms with van der Waals surface area (Å²) in [6.45, 7) is 2.59. The molecule has 7 heteroatoms. The van der Waals surface area contributed by atoms with Gasteiger partial charge in [-0.25, -0.2) is 9.37 Å². The lowest BCUT2D eigenvalue weighted by Crippen LogP contribution is -2.26. The first-order valence-electron chi connectivity index (χ1n) is 7.69. The molecule has 3 rings (SSSR count). The van der Waals surface area contributed by atoms with Crippen LogP contribution in [-0.4, -0.2) is 53.1 Å². The standard InChI is InChI=1S/C16H21FN6/c1-22(2)16-19-5-3-15(21-16)20-14-4-6-23(11-14)10-12-7-13(17)9-18-8-12/h3,5,7-9,14H,4,6,10-11H2,1-2H3,(H,19,20,21). The number of nitrogens with one attached hydrogen (secondary N) is 1. The minimum atomic E-state index is -0.284. The summed E-state index contributed by atoms with van der Waals surface area (Å²) in [4.78, 5) is 16.8. The van der Waals surface area contributed by atoms with Gasteiger partial charge >= 0.3 is 0 Å². The molecule has 0 saturated carbocycles. The van der Waals surface area contributed by atoms with Crippen LogP contribution in [0, 0.1) is 5.82 Å². The summed E-state index contributed by atoms with van der Waals surface area (Å²) in [5.41, 5.74) is 0.905. The first-order chi connectivity index (χ1) is 11.1. The van der Waals surface area contributed by atoms with Gasteiger partial charge in [0.2, 0.25) is 5.95 Å². The topological polar surface area (TPSA) is 57.2 Å². The van der Waals surface area contributed by atoms with Gasteiger partial charge in [-0.15, -0.1) is 0 Å². The predicted octanol–water partition coefficient (Wildman–Crippen LogP) is 1.76. The molecule has 0 spiro atoms. The van der Waals surface area contributed by atoms with Gasteiger partial charge in [0, 0.05) is 52.2 Å². The number of halogens is 1. The Balaban J connectivity index is 1.56. The fourth-order valence-corrected chi connectivity index (χ4v) is 2.75. The van der Waals surface area contributed by atoms with Crippen molar-refractivity contribution in [1.29, 1.82) is 0 Å². The lowest BCUT2D eigenvalue weighted by atomic mass is 10.2. The number of nitrogens with zero attached hydrogens (tertiary/aromatic N) is 5. The molecular formula is C16H21FN6. The van der Waals surface area contributed by atoms with Crippen molar-refractivity contribution in [3.8, 4) is 0 Å². The molecule has 1 N–H and O–H groups in total. The average Bonchev–Trinajstić information content (AvgIpc) is 2.94. The normalized spacial score (nSPS) is 18.1. The third-order valence-electron chi connectivity index (χ3n) is 3.83. The lowest BCUT2D eigenvalue weighted by Gasteiger charge is -2.17. The molecule has 2 aromatic heterocycles. The van der Waals surface area contributed by atoms with E-state index in [0.29, 0.717) is 12.0 Å². The molecule has 1 atom stereocenters. The summed E-state index contributed by atoms with van der Waals surface area (Å²) >= 11 is 0. The van der Waals surface area contributed by atoms with E-state index in [1.54, 1.807) is 18.5 Å². The first-order valence-corrected chi connectivity index (χ1v) is 7.69. The van der Waals surface area contributed by atoms with Crippen molar-refractivity contribution in [2.24, 2.45) is 0 Å². The molecule has 1 aliphatic rings. The van der Waals surface area contributed by atoms with Crippen molar-refractivity contribution in [3.63, 3.8) is 0 Å². The Morgan fingerprint density at radius 1 is 1.39 bits per heavy atom. The average molecular weight is 316 g/mol. The SMILES string of the molecule is CN(C)c1nccc(NC2CCN(Cc3cncc(F)c3)C2)n1. The molecule has 1 unspecified atom stereocenters. The van der Waals surface area contributed by atoms with Crippen LogP contribution < -0.4 is 10.2 Å². The van der Waals surface area contributed by atoms with Crippen molar-refractivity contribution in [3.05, 3.63) is 42.1 Å². The highest BCUT2D eigenvalue weighted by Gasteiger charge is 2.23. The molecule has 0 aromatic carbocycles. The monoisotopic (exact) mass is 316 g/mol. The lowest BCUT2D eigenvalue weighted by molar-refractivity contribution is 0.327. The highest BCUT2D eigenvalue weighted by molar-refractivity contribution is 5.41. The minimum absolute atomic E-state index is 0.284. The third kappa shape index (κ3) is 4.13. The van der Waals surface area contributed by atoms with Crippen LogP contribution in [0.2, 0.25) is 0 Å². The Morgan fingerprint density at radius 2 is 2.26 bits per heavy atom. The van der Waals surface area contributed by atoms with Crippen LogP contribution in [-0.2, 0) is 6.54 Å². The van der Waals surface area contributed by atoms with Crippen LogP contribution >= 0.6 is 0 Å². The second kappa shape index (κ2) is 6.87. The highest BCUT2D eigenvalue weighted by Crippen LogP contribution is 2.17. The number of hydrogen-bond acceptors (Lipinski definition) is 6. The largest absolute Gasteiger partial charge is 0.366 e. The maximum absolute atomic E-state index is 13.2. The summed E-state index contributed by atoms with van der Waals surface area (Å²) in [7, 11) is 3.84.